The lowest BCUT2D eigenvalue weighted by Gasteiger charge is -2.14. The van der Waals surface area contributed by atoms with E-state index in [9.17, 15) is 14.0 Å². The van der Waals surface area contributed by atoms with Crippen LogP contribution in [0, 0.1) is 5.82 Å². The monoisotopic (exact) mass is 487 g/mol. The van der Waals surface area contributed by atoms with Gasteiger partial charge in [0.1, 0.15) is 18.2 Å². The van der Waals surface area contributed by atoms with Crippen LogP contribution in [0.5, 0.6) is 5.75 Å². The van der Waals surface area contributed by atoms with Gasteiger partial charge in [-0.1, -0.05) is 59.6 Å². The normalized spacial score (nSPS) is 15.0. The van der Waals surface area contributed by atoms with E-state index in [4.69, 9.17) is 27.9 Å². The maximum absolute atomic E-state index is 14.1. The van der Waals surface area contributed by atoms with Crippen molar-refractivity contribution in [3.05, 3.63) is 104 Å². The number of rotatable bonds is 6. The summed E-state index contributed by atoms with van der Waals surface area (Å²) < 4.78 is 19.9. The number of amides is 2. The van der Waals surface area contributed by atoms with Crippen molar-refractivity contribution in [3.8, 4) is 5.75 Å². The zero-order valence-corrected chi connectivity index (χ0v) is 18.9. The number of halogens is 3. The molecule has 0 unspecified atom stereocenters. The number of ether oxygens (including phenoxy) is 1. The molecule has 1 saturated heterocycles. The molecule has 0 aromatic heterocycles. The van der Waals surface area contributed by atoms with E-state index in [0.717, 1.165) is 22.2 Å². The van der Waals surface area contributed by atoms with E-state index in [1.54, 1.807) is 36.4 Å². The predicted octanol–water partition coefficient (Wildman–Crippen LogP) is 6.95. The van der Waals surface area contributed by atoms with E-state index in [2.05, 4.69) is 0 Å². The number of carbonyl (C=O) groups is 2. The molecule has 1 aliphatic rings. The van der Waals surface area contributed by atoms with Crippen LogP contribution in [0.15, 0.2) is 71.6 Å². The predicted molar refractivity (Wildman–Crippen MR) is 125 cm³/mol. The lowest BCUT2D eigenvalue weighted by molar-refractivity contribution is -0.123. The van der Waals surface area contributed by atoms with Crippen molar-refractivity contribution in [3.63, 3.8) is 0 Å². The van der Waals surface area contributed by atoms with Crippen molar-refractivity contribution >= 4 is 52.2 Å². The third-order valence-corrected chi connectivity index (χ3v) is 6.39. The van der Waals surface area contributed by atoms with Crippen molar-refractivity contribution in [2.45, 2.75) is 13.2 Å². The molecule has 3 aromatic carbocycles. The molecule has 0 aliphatic carbocycles. The minimum Gasteiger partial charge on any atom is -0.489 e. The molecule has 4 rings (SSSR count). The summed E-state index contributed by atoms with van der Waals surface area (Å²) in [5.74, 6) is -0.471. The van der Waals surface area contributed by atoms with Gasteiger partial charge in [0.05, 0.1) is 11.4 Å². The van der Waals surface area contributed by atoms with Crippen molar-refractivity contribution in [1.29, 1.82) is 0 Å². The van der Waals surface area contributed by atoms with Gasteiger partial charge in [-0.25, -0.2) is 4.39 Å². The summed E-state index contributed by atoms with van der Waals surface area (Å²) >= 11 is 13.0. The fourth-order valence-electron chi connectivity index (χ4n) is 3.10. The van der Waals surface area contributed by atoms with E-state index < -0.39 is 17.0 Å². The number of hydrogen-bond acceptors (Lipinski definition) is 4. The number of nitrogens with zero attached hydrogens (tertiary/aromatic N) is 1. The minimum atomic E-state index is -0.566. The molecule has 1 fully saturated rings. The molecule has 8 heteroatoms. The molecule has 0 spiro atoms. The molecule has 0 radical (unpaired) electrons. The first-order valence-electron chi connectivity index (χ1n) is 9.57. The Labute approximate surface area is 198 Å². The number of imide groups is 1. The minimum absolute atomic E-state index is 0.104. The molecule has 1 heterocycles. The van der Waals surface area contributed by atoms with Crippen LogP contribution in [-0.2, 0) is 17.9 Å². The Morgan fingerprint density at radius 3 is 2.50 bits per heavy atom. The molecule has 162 valence electrons. The van der Waals surface area contributed by atoms with Gasteiger partial charge in [0.15, 0.2) is 0 Å². The Hall–Kier alpha value is -2.80. The van der Waals surface area contributed by atoms with Gasteiger partial charge >= 0.3 is 0 Å². The smallest absolute Gasteiger partial charge is 0.293 e. The highest BCUT2D eigenvalue weighted by molar-refractivity contribution is 8.18. The number of benzene rings is 3. The van der Waals surface area contributed by atoms with Gasteiger partial charge in [-0.3, -0.25) is 14.5 Å². The first-order chi connectivity index (χ1) is 15.4. The summed E-state index contributed by atoms with van der Waals surface area (Å²) in [5.41, 5.74) is 1.65. The molecule has 1 aliphatic heterocycles. The second-order valence-corrected chi connectivity index (χ2v) is 8.73. The average molecular weight is 488 g/mol. The molecule has 0 N–H and O–H groups in total. The lowest BCUT2D eigenvalue weighted by Crippen LogP contribution is -2.28. The molecule has 4 nitrogen and oxygen atoms in total. The lowest BCUT2D eigenvalue weighted by atomic mass is 10.1. The van der Waals surface area contributed by atoms with Gasteiger partial charge in [0, 0.05) is 21.2 Å². The average Bonchev–Trinajstić information content (AvgIpc) is 3.03. The Balaban J connectivity index is 1.49. The summed E-state index contributed by atoms with van der Waals surface area (Å²) in [6.45, 7) is 0.0670. The fourth-order valence-corrected chi connectivity index (χ4v) is 4.35. The largest absolute Gasteiger partial charge is 0.489 e. The van der Waals surface area contributed by atoms with Gasteiger partial charge in [0.2, 0.25) is 0 Å². The summed E-state index contributed by atoms with van der Waals surface area (Å²) in [6.07, 6.45) is 1.61. The van der Waals surface area contributed by atoms with Gasteiger partial charge in [0.25, 0.3) is 11.1 Å². The van der Waals surface area contributed by atoms with Crippen LogP contribution in [0.25, 0.3) is 6.08 Å². The van der Waals surface area contributed by atoms with Crippen LogP contribution in [-0.4, -0.2) is 16.0 Å². The maximum Gasteiger partial charge on any atom is 0.293 e. The van der Waals surface area contributed by atoms with E-state index in [1.807, 2.05) is 18.2 Å². The Morgan fingerprint density at radius 2 is 1.72 bits per heavy atom. The molecular weight excluding hydrogens is 472 g/mol. The van der Waals surface area contributed by atoms with Gasteiger partial charge in [-0.05, 0) is 53.7 Å². The van der Waals surface area contributed by atoms with Crippen LogP contribution >= 0.6 is 35.0 Å². The third-order valence-electron chi connectivity index (χ3n) is 4.76. The van der Waals surface area contributed by atoms with Crippen LogP contribution in [0.1, 0.15) is 16.7 Å². The van der Waals surface area contributed by atoms with Gasteiger partial charge < -0.3 is 4.74 Å². The highest BCUT2D eigenvalue weighted by Crippen LogP contribution is 2.35. The first-order valence-corrected chi connectivity index (χ1v) is 11.1. The maximum atomic E-state index is 14.1. The van der Waals surface area contributed by atoms with Crippen molar-refractivity contribution < 1.29 is 18.7 Å². The van der Waals surface area contributed by atoms with Crippen molar-refractivity contribution in [2.24, 2.45) is 0 Å². The molecular formula is C24H16Cl2FNO3S. The van der Waals surface area contributed by atoms with E-state index in [1.165, 1.54) is 18.2 Å². The van der Waals surface area contributed by atoms with Gasteiger partial charge in [-0.2, -0.15) is 0 Å². The fraction of sp³-hybridized carbons (Fsp3) is 0.0833. The quantitative estimate of drug-likeness (QED) is 0.353. The van der Waals surface area contributed by atoms with Crippen LogP contribution in [0.2, 0.25) is 10.0 Å². The molecule has 2 amide bonds. The molecule has 3 aromatic rings. The van der Waals surface area contributed by atoms with Crippen molar-refractivity contribution in [2.75, 3.05) is 0 Å². The second kappa shape index (κ2) is 9.77. The highest BCUT2D eigenvalue weighted by Gasteiger charge is 2.35. The number of thioether (sulfide) groups is 1. The molecule has 32 heavy (non-hydrogen) atoms. The summed E-state index contributed by atoms with van der Waals surface area (Å²) in [4.78, 5) is 26.4. The zero-order valence-electron chi connectivity index (χ0n) is 16.6. The third kappa shape index (κ3) is 4.99. The Kier molecular flexibility index (Phi) is 6.84. The van der Waals surface area contributed by atoms with E-state index >= 15 is 0 Å². The van der Waals surface area contributed by atoms with E-state index in [0.29, 0.717) is 22.9 Å². The van der Waals surface area contributed by atoms with Crippen molar-refractivity contribution in [1.82, 2.24) is 4.90 Å². The summed E-state index contributed by atoms with van der Waals surface area (Å²) in [5, 5.41) is 0.301. The van der Waals surface area contributed by atoms with Crippen LogP contribution < -0.4 is 4.74 Å². The standard InChI is InChI=1S/C24H16Cl2FNO3S/c25-19-8-2-1-6-16(19)14-31-17-7-3-5-15(11-17)12-22-23(29)28(24(30)32-22)13-18-20(26)9-4-10-21(18)27/h1-12H,13-14H2/b22-12+. The first kappa shape index (κ1) is 22.4. The summed E-state index contributed by atoms with van der Waals surface area (Å²) in [7, 11) is 0. The zero-order chi connectivity index (χ0) is 22.7. The van der Waals surface area contributed by atoms with Crippen LogP contribution in [0.4, 0.5) is 9.18 Å². The number of hydrogen-bond donors (Lipinski definition) is 0. The van der Waals surface area contributed by atoms with Gasteiger partial charge in [-0.15, -0.1) is 0 Å². The Morgan fingerprint density at radius 1 is 0.969 bits per heavy atom. The van der Waals surface area contributed by atoms with E-state index in [-0.39, 0.29) is 22.0 Å². The SMILES string of the molecule is O=C1S/C(=C/c2cccc(OCc3ccccc3Cl)c2)C(=O)N1Cc1c(F)cccc1Cl. The second-order valence-electron chi connectivity index (χ2n) is 6.92. The molecule has 0 atom stereocenters. The molecule has 0 saturated carbocycles. The molecule has 0 bridgehead atoms. The topological polar surface area (TPSA) is 46.6 Å². The Bertz CT molecular complexity index is 1210. The van der Waals surface area contributed by atoms with Crippen LogP contribution in [0.3, 0.4) is 0 Å². The highest BCUT2D eigenvalue weighted by atomic mass is 35.5. The summed E-state index contributed by atoms with van der Waals surface area (Å²) in [6, 6.07) is 18.8. The number of carbonyl (C=O) groups excluding carboxylic acids is 2.